The average Bonchev–Trinajstić information content (AvgIpc) is 2.35. The first-order chi connectivity index (χ1) is 8.90. The minimum atomic E-state index is -1.13. The molecule has 0 radical (unpaired) electrons. The van der Waals surface area contributed by atoms with Crippen LogP contribution in [0.1, 0.15) is 10.4 Å². The Hall–Kier alpha value is -2.50. The van der Waals surface area contributed by atoms with Crippen molar-refractivity contribution in [2.45, 2.75) is 0 Å². The van der Waals surface area contributed by atoms with Crippen LogP contribution in [0.3, 0.4) is 0 Å². The molecule has 0 atom stereocenters. The average molecular weight is 266 g/mol. The van der Waals surface area contributed by atoms with E-state index in [1.807, 2.05) is 0 Å². The van der Waals surface area contributed by atoms with Crippen molar-refractivity contribution in [2.75, 3.05) is 5.73 Å². The highest BCUT2D eigenvalue weighted by Crippen LogP contribution is 2.28. The van der Waals surface area contributed by atoms with Gasteiger partial charge in [-0.05, 0) is 29.8 Å². The number of rotatable bonds is 2. The predicted molar refractivity (Wildman–Crippen MR) is 64.7 cm³/mol. The number of halogens is 3. The monoisotopic (exact) mass is 266 g/mol. The number of carbonyl (C=O) groups is 1. The molecule has 2 aromatic carbocycles. The zero-order valence-electron chi connectivity index (χ0n) is 9.58. The van der Waals surface area contributed by atoms with Gasteiger partial charge in [-0.3, -0.25) is 4.79 Å². The molecular formula is C13H9F3N2O. The fraction of sp³-hybridized carbons (Fsp3) is 0. The fourth-order valence-corrected chi connectivity index (χ4v) is 1.70. The van der Waals surface area contributed by atoms with Gasteiger partial charge in [-0.25, -0.2) is 13.2 Å². The Labute approximate surface area is 106 Å². The van der Waals surface area contributed by atoms with E-state index >= 15 is 0 Å². The van der Waals surface area contributed by atoms with Crippen LogP contribution in [-0.4, -0.2) is 5.91 Å². The number of carbonyl (C=O) groups excluding carboxylic acids is 1. The highest BCUT2D eigenvalue weighted by atomic mass is 19.2. The van der Waals surface area contributed by atoms with Gasteiger partial charge >= 0.3 is 0 Å². The van der Waals surface area contributed by atoms with Gasteiger partial charge in [0.1, 0.15) is 5.82 Å². The lowest BCUT2D eigenvalue weighted by Crippen LogP contribution is -2.14. The van der Waals surface area contributed by atoms with Gasteiger partial charge in [0.15, 0.2) is 11.6 Å². The predicted octanol–water partition coefficient (Wildman–Crippen LogP) is 2.45. The summed E-state index contributed by atoms with van der Waals surface area (Å²) in [4.78, 5) is 11.1. The quantitative estimate of drug-likeness (QED) is 0.820. The highest BCUT2D eigenvalue weighted by molar-refractivity contribution is 5.95. The zero-order valence-corrected chi connectivity index (χ0v) is 9.58. The molecule has 0 aliphatic rings. The van der Waals surface area contributed by atoms with Crippen molar-refractivity contribution in [2.24, 2.45) is 5.73 Å². The standard InChI is InChI=1S/C13H9F3N2O/c14-10-2-1-6(3-11(10)15)8-4-7(17)5-9(12(8)16)13(18)19/h1-5H,17H2,(H2,18,19). The topological polar surface area (TPSA) is 69.1 Å². The van der Waals surface area contributed by atoms with E-state index in [-0.39, 0.29) is 16.8 Å². The molecule has 4 N–H and O–H groups in total. The van der Waals surface area contributed by atoms with E-state index in [1.165, 1.54) is 12.1 Å². The third kappa shape index (κ3) is 2.37. The summed E-state index contributed by atoms with van der Waals surface area (Å²) in [6.45, 7) is 0. The van der Waals surface area contributed by atoms with E-state index in [4.69, 9.17) is 11.5 Å². The Bertz CT molecular complexity index is 671. The normalized spacial score (nSPS) is 10.5. The fourth-order valence-electron chi connectivity index (χ4n) is 1.70. The Kier molecular flexibility index (Phi) is 3.16. The summed E-state index contributed by atoms with van der Waals surface area (Å²) in [7, 11) is 0. The molecule has 0 unspecified atom stereocenters. The molecule has 6 heteroatoms. The van der Waals surface area contributed by atoms with E-state index in [0.717, 1.165) is 18.2 Å². The van der Waals surface area contributed by atoms with Gasteiger partial charge in [-0.1, -0.05) is 6.07 Å². The Balaban J connectivity index is 2.68. The number of primary amides is 1. The van der Waals surface area contributed by atoms with Gasteiger partial charge in [0.25, 0.3) is 5.91 Å². The summed E-state index contributed by atoms with van der Waals surface area (Å²) in [6, 6.07) is 5.16. The van der Waals surface area contributed by atoms with Gasteiger partial charge in [0.2, 0.25) is 0 Å². The Morgan fingerprint density at radius 3 is 2.26 bits per heavy atom. The summed E-state index contributed by atoms with van der Waals surface area (Å²) in [5.41, 5.74) is 10.2. The molecule has 98 valence electrons. The van der Waals surface area contributed by atoms with Crippen LogP contribution in [0.25, 0.3) is 11.1 Å². The van der Waals surface area contributed by atoms with Crippen molar-refractivity contribution >= 4 is 11.6 Å². The first kappa shape index (κ1) is 12.9. The van der Waals surface area contributed by atoms with Crippen LogP contribution in [-0.2, 0) is 0 Å². The van der Waals surface area contributed by atoms with Crippen molar-refractivity contribution in [1.82, 2.24) is 0 Å². The Morgan fingerprint density at radius 1 is 1.00 bits per heavy atom. The van der Waals surface area contributed by atoms with Crippen molar-refractivity contribution < 1.29 is 18.0 Å². The molecule has 0 aromatic heterocycles. The maximum atomic E-state index is 14.0. The molecule has 0 spiro atoms. The summed E-state index contributed by atoms with van der Waals surface area (Å²) in [5, 5.41) is 0. The summed E-state index contributed by atoms with van der Waals surface area (Å²) < 4.78 is 40.0. The van der Waals surface area contributed by atoms with Crippen LogP contribution in [0.15, 0.2) is 30.3 Å². The third-order valence-electron chi connectivity index (χ3n) is 2.59. The zero-order chi connectivity index (χ0) is 14.2. The lowest BCUT2D eigenvalue weighted by atomic mass is 10.0. The summed E-state index contributed by atoms with van der Waals surface area (Å²) >= 11 is 0. The maximum Gasteiger partial charge on any atom is 0.251 e. The van der Waals surface area contributed by atoms with E-state index in [9.17, 15) is 18.0 Å². The van der Waals surface area contributed by atoms with Gasteiger partial charge in [-0.2, -0.15) is 0 Å². The molecular weight excluding hydrogens is 257 g/mol. The van der Waals surface area contributed by atoms with Crippen molar-refractivity contribution in [1.29, 1.82) is 0 Å². The number of benzene rings is 2. The maximum absolute atomic E-state index is 14.0. The van der Waals surface area contributed by atoms with E-state index in [2.05, 4.69) is 0 Å². The van der Waals surface area contributed by atoms with Crippen molar-refractivity contribution in [3.63, 3.8) is 0 Å². The number of anilines is 1. The van der Waals surface area contributed by atoms with Crippen molar-refractivity contribution in [3.8, 4) is 11.1 Å². The van der Waals surface area contributed by atoms with Crippen molar-refractivity contribution in [3.05, 3.63) is 53.3 Å². The second-order valence-corrected chi connectivity index (χ2v) is 3.92. The number of amides is 1. The first-order valence-corrected chi connectivity index (χ1v) is 5.24. The smallest absolute Gasteiger partial charge is 0.251 e. The molecule has 0 aliphatic heterocycles. The van der Waals surface area contributed by atoms with Gasteiger partial charge in [0, 0.05) is 11.3 Å². The number of hydrogen-bond acceptors (Lipinski definition) is 2. The molecule has 19 heavy (non-hydrogen) atoms. The highest BCUT2D eigenvalue weighted by Gasteiger charge is 2.16. The molecule has 2 aromatic rings. The third-order valence-corrected chi connectivity index (χ3v) is 2.59. The number of hydrogen-bond donors (Lipinski definition) is 2. The second-order valence-electron chi connectivity index (χ2n) is 3.92. The molecule has 0 saturated carbocycles. The van der Waals surface area contributed by atoms with Crippen LogP contribution in [0.5, 0.6) is 0 Å². The molecule has 0 bridgehead atoms. The number of nitrogen functional groups attached to an aromatic ring is 1. The summed E-state index contributed by atoms with van der Waals surface area (Å²) in [6.07, 6.45) is 0. The lowest BCUT2D eigenvalue weighted by molar-refractivity contribution is 0.0996. The Morgan fingerprint density at radius 2 is 1.68 bits per heavy atom. The van der Waals surface area contributed by atoms with Crippen LogP contribution < -0.4 is 11.5 Å². The molecule has 0 saturated heterocycles. The summed E-state index contributed by atoms with van der Waals surface area (Å²) in [5.74, 6) is -4.09. The molecule has 0 fully saturated rings. The number of nitrogens with two attached hydrogens (primary N) is 2. The van der Waals surface area contributed by atoms with E-state index < -0.39 is 28.9 Å². The molecule has 3 nitrogen and oxygen atoms in total. The SMILES string of the molecule is NC(=O)c1cc(N)cc(-c2ccc(F)c(F)c2)c1F. The second kappa shape index (κ2) is 4.64. The molecule has 1 amide bonds. The van der Waals surface area contributed by atoms with Crippen LogP contribution in [0.4, 0.5) is 18.9 Å². The molecule has 2 rings (SSSR count). The van der Waals surface area contributed by atoms with Gasteiger partial charge in [-0.15, -0.1) is 0 Å². The van der Waals surface area contributed by atoms with Crippen LogP contribution in [0, 0.1) is 17.5 Å². The first-order valence-electron chi connectivity index (χ1n) is 5.24. The van der Waals surface area contributed by atoms with E-state index in [0.29, 0.717) is 0 Å². The lowest BCUT2D eigenvalue weighted by Gasteiger charge is -2.08. The van der Waals surface area contributed by atoms with Crippen LogP contribution >= 0.6 is 0 Å². The largest absolute Gasteiger partial charge is 0.399 e. The van der Waals surface area contributed by atoms with Crippen LogP contribution in [0.2, 0.25) is 0 Å². The van der Waals surface area contributed by atoms with Gasteiger partial charge in [0.05, 0.1) is 5.56 Å². The minimum absolute atomic E-state index is 0.0613. The van der Waals surface area contributed by atoms with E-state index in [1.54, 1.807) is 0 Å². The van der Waals surface area contributed by atoms with Gasteiger partial charge < -0.3 is 11.5 Å². The molecule has 0 aliphatic carbocycles. The minimum Gasteiger partial charge on any atom is -0.399 e. The molecule has 0 heterocycles.